The summed E-state index contributed by atoms with van der Waals surface area (Å²) in [5.74, 6) is 0.205. The van der Waals surface area contributed by atoms with E-state index in [0.717, 1.165) is 32.5 Å². The van der Waals surface area contributed by atoms with E-state index in [1.165, 1.54) is 30.4 Å². The second-order valence-corrected chi connectivity index (χ2v) is 6.34. The van der Waals surface area contributed by atoms with Crippen LogP contribution in [0.25, 0.3) is 0 Å². The van der Waals surface area contributed by atoms with Gasteiger partial charge in [0.15, 0.2) is 0 Å². The lowest BCUT2D eigenvalue weighted by Gasteiger charge is -2.41. The second kappa shape index (κ2) is 6.44. The molecule has 3 heteroatoms. The van der Waals surface area contributed by atoms with Gasteiger partial charge in [-0.15, -0.1) is 0 Å². The highest BCUT2D eigenvalue weighted by atomic mass is 16.2. The van der Waals surface area contributed by atoms with Crippen molar-refractivity contribution in [2.24, 2.45) is 5.41 Å². The van der Waals surface area contributed by atoms with Crippen molar-refractivity contribution in [1.82, 2.24) is 10.6 Å². The van der Waals surface area contributed by atoms with Gasteiger partial charge in [0.25, 0.3) is 0 Å². The molecule has 0 bridgehead atoms. The summed E-state index contributed by atoms with van der Waals surface area (Å²) in [4.78, 5) is 12.6. The van der Waals surface area contributed by atoms with Gasteiger partial charge in [0, 0.05) is 19.6 Å². The number of amides is 1. The summed E-state index contributed by atoms with van der Waals surface area (Å²) in [6.45, 7) is 2.30. The summed E-state index contributed by atoms with van der Waals surface area (Å²) in [5.41, 5.74) is 2.39. The average molecular weight is 284 g/mol. The average Bonchev–Trinajstić information content (AvgIpc) is 2.50. The molecular formula is C18H24N2O. The van der Waals surface area contributed by atoms with Gasteiger partial charge in [0.1, 0.15) is 0 Å². The molecule has 3 rings (SSSR count). The topological polar surface area (TPSA) is 41.1 Å². The Hall–Kier alpha value is -1.61. The monoisotopic (exact) mass is 284 g/mol. The molecule has 1 saturated heterocycles. The number of rotatable bonds is 5. The largest absolute Gasteiger partial charge is 0.352 e. The Labute approximate surface area is 126 Å². The standard InChI is InChI=1S/C18H24N2O/c21-17(20-12-16-9-5-2-6-10-16)18(13-19-14-18)11-15-7-3-1-4-8-15/h1,3-4,7-9,19H,2,5-6,10-14H2,(H,20,21). The van der Waals surface area contributed by atoms with Crippen LogP contribution in [-0.4, -0.2) is 25.5 Å². The van der Waals surface area contributed by atoms with Gasteiger partial charge in [-0.3, -0.25) is 4.79 Å². The number of carbonyl (C=O) groups excluding carboxylic acids is 1. The second-order valence-electron chi connectivity index (χ2n) is 6.34. The predicted octanol–water partition coefficient (Wildman–Crippen LogP) is 2.44. The molecule has 0 aromatic heterocycles. The van der Waals surface area contributed by atoms with Crippen molar-refractivity contribution in [2.45, 2.75) is 32.1 Å². The van der Waals surface area contributed by atoms with E-state index in [9.17, 15) is 4.79 Å². The van der Waals surface area contributed by atoms with Gasteiger partial charge in [-0.2, -0.15) is 0 Å². The van der Waals surface area contributed by atoms with Crippen LogP contribution >= 0.6 is 0 Å². The third-order valence-corrected chi connectivity index (χ3v) is 4.65. The first kappa shape index (κ1) is 14.3. The molecule has 1 aromatic carbocycles. The van der Waals surface area contributed by atoms with E-state index in [2.05, 4.69) is 28.8 Å². The zero-order valence-electron chi connectivity index (χ0n) is 12.5. The highest BCUT2D eigenvalue weighted by Gasteiger charge is 2.43. The minimum absolute atomic E-state index is 0.205. The number of hydrogen-bond acceptors (Lipinski definition) is 2. The molecule has 1 aromatic rings. The maximum atomic E-state index is 12.6. The Morgan fingerprint density at radius 2 is 2.00 bits per heavy atom. The quantitative estimate of drug-likeness (QED) is 0.815. The third-order valence-electron chi connectivity index (χ3n) is 4.65. The van der Waals surface area contributed by atoms with Crippen LogP contribution in [0.5, 0.6) is 0 Å². The number of nitrogens with one attached hydrogen (secondary N) is 2. The van der Waals surface area contributed by atoms with Gasteiger partial charge in [0.2, 0.25) is 5.91 Å². The molecule has 0 atom stereocenters. The summed E-state index contributed by atoms with van der Waals surface area (Å²) in [5, 5.41) is 6.43. The Morgan fingerprint density at radius 1 is 1.19 bits per heavy atom. The molecular weight excluding hydrogens is 260 g/mol. The molecule has 1 amide bonds. The van der Waals surface area contributed by atoms with Gasteiger partial charge in [0.05, 0.1) is 5.41 Å². The van der Waals surface area contributed by atoms with E-state index >= 15 is 0 Å². The lowest BCUT2D eigenvalue weighted by atomic mass is 9.75. The van der Waals surface area contributed by atoms with Crippen molar-refractivity contribution < 1.29 is 4.79 Å². The van der Waals surface area contributed by atoms with Crippen molar-refractivity contribution in [3.63, 3.8) is 0 Å². The van der Waals surface area contributed by atoms with Crippen LogP contribution in [0.1, 0.15) is 31.2 Å². The van der Waals surface area contributed by atoms with E-state index in [0.29, 0.717) is 0 Å². The number of hydrogen-bond donors (Lipinski definition) is 2. The first-order valence-electron chi connectivity index (χ1n) is 7.99. The smallest absolute Gasteiger partial charge is 0.229 e. The molecule has 112 valence electrons. The minimum atomic E-state index is -0.253. The first-order valence-corrected chi connectivity index (χ1v) is 7.99. The lowest BCUT2D eigenvalue weighted by Crippen LogP contribution is -2.62. The van der Waals surface area contributed by atoms with Crippen LogP contribution in [0.2, 0.25) is 0 Å². The van der Waals surface area contributed by atoms with Gasteiger partial charge in [-0.05, 0) is 37.7 Å². The summed E-state index contributed by atoms with van der Waals surface area (Å²) >= 11 is 0. The van der Waals surface area contributed by atoms with Gasteiger partial charge < -0.3 is 10.6 Å². The Bertz CT molecular complexity index is 517. The molecule has 0 spiro atoms. The molecule has 1 aliphatic heterocycles. The summed E-state index contributed by atoms with van der Waals surface area (Å²) in [6.07, 6.45) is 7.99. The fourth-order valence-electron chi connectivity index (χ4n) is 3.23. The molecule has 2 aliphatic rings. The molecule has 1 aliphatic carbocycles. The molecule has 0 unspecified atom stereocenters. The highest BCUT2D eigenvalue weighted by Crippen LogP contribution is 2.28. The van der Waals surface area contributed by atoms with Crippen LogP contribution < -0.4 is 10.6 Å². The van der Waals surface area contributed by atoms with E-state index in [1.807, 2.05) is 18.2 Å². The predicted molar refractivity (Wildman–Crippen MR) is 85.0 cm³/mol. The van der Waals surface area contributed by atoms with Crippen LogP contribution in [0.3, 0.4) is 0 Å². The van der Waals surface area contributed by atoms with Crippen molar-refractivity contribution >= 4 is 5.91 Å². The minimum Gasteiger partial charge on any atom is -0.352 e. The summed E-state index contributed by atoms with van der Waals surface area (Å²) < 4.78 is 0. The molecule has 0 radical (unpaired) electrons. The maximum Gasteiger partial charge on any atom is 0.229 e. The molecule has 21 heavy (non-hydrogen) atoms. The molecule has 1 fully saturated rings. The summed E-state index contributed by atoms with van der Waals surface area (Å²) in [6, 6.07) is 10.3. The van der Waals surface area contributed by atoms with Crippen LogP contribution in [0.15, 0.2) is 42.0 Å². The molecule has 0 saturated carbocycles. The first-order chi connectivity index (χ1) is 10.3. The van der Waals surface area contributed by atoms with E-state index < -0.39 is 0 Å². The van der Waals surface area contributed by atoms with Gasteiger partial charge in [-0.1, -0.05) is 42.0 Å². The van der Waals surface area contributed by atoms with Gasteiger partial charge >= 0.3 is 0 Å². The number of carbonyl (C=O) groups is 1. The van der Waals surface area contributed by atoms with E-state index in [1.54, 1.807) is 0 Å². The zero-order valence-corrected chi connectivity index (χ0v) is 12.5. The van der Waals surface area contributed by atoms with Crippen molar-refractivity contribution in [1.29, 1.82) is 0 Å². The fraction of sp³-hybridized carbons (Fsp3) is 0.500. The molecule has 2 N–H and O–H groups in total. The van der Waals surface area contributed by atoms with Crippen molar-refractivity contribution in [2.75, 3.05) is 19.6 Å². The van der Waals surface area contributed by atoms with Crippen molar-refractivity contribution in [3.8, 4) is 0 Å². The Balaban J connectivity index is 1.59. The van der Waals surface area contributed by atoms with Crippen LogP contribution in [-0.2, 0) is 11.2 Å². The van der Waals surface area contributed by atoms with Gasteiger partial charge in [-0.25, -0.2) is 0 Å². The fourth-order valence-corrected chi connectivity index (χ4v) is 3.23. The van der Waals surface area contributed by atoms with E-state index in [4.69, 9.17) is 0 Å². The molecule has 1 heterocycles. The summed E-state index contributed by atoms with van der Waals surface area (Å²) in [7, 11) is 0. The number of allylic oxidation sites excluding steroid dienone is 1. The maximum absolute atomic E-state index is 12.6. The highest BCUT2D eigenvalue weighted by molar-refractivity contribution is 5.84. The zero-order chi connectivity index (χ0) is 14.5. The SMILES string of the molecule is O=C(NCC1=CCCCC1)C1(Cc2ccccc2)CNC1. The van der Waals surface area contributed by atoms with Crippen molar-refractivity contribution in [3.05, 3.63) is 47.5 Å². The van der Waals surface area contributed by atoms with Crippen LogP contribution in [0, 0.1) is 5.41 Å². The lowest BCUT2D eigenvalue weighted by molar-refractivity contribution is -0.133. The Kier molecular flexibility index (Phi) is 4.39. The molecule has 3 nitrogen and oxygen atoms in total. The van der Waals surface area contributed by atoms with E-state index in [-0.39, 0.29) is 11.3 Å². The normalized spacial score (nSPS) is 20.3. The Morgan fingerprint density at radius 3 is 2.62 bits per heavy atom. The number of benzene rings is 1. The van der Waals surface area contributed by atoms with Crippen LogP contribution in [0.4, 0.5) is 0 Å². The third kappa shape index (κ3) is 3.35.